The molecule has 1 amide bonds. The number of amides is 1. The van der Waals surface area contributed by atoms with Gasteiger partial charge in [0.1, 0.15) is 29.2 Å². The second-order valence-corrected chi connectivity index (χ2v) is 14.5. The van der Waals surface area contributed by atoms with Gasteiger partial charge in [0.05, 0.1) is 22.5 Å². The topological polar surface area (TPSA) is 142 Å². The molecule has 216 valence electrons. The normalized spacial score (nSPS) is 18.3. The van der Waals surface area contributed by atoms with E-state index in [1.165, 1.54) is 0 Å². The second kappa shape index (κ2) is 11.0. The molecule has 0 saturated heterocycles. The van der Waals surface area contributed by atoms with E-state index in [1.54, 1.807) is 0 Å². The molecule has 0 spiro atoms. The number of rotatable bonds is 13. The maximum absolute atomic E-state index is 15.8. The molecule has 2 aromatic carbocycles. The van der Waals surface area contributed by atoms with Crippen LogP contribution in [0.4, 0.5) is 13.2 Å². The lowest BCUT2D eigenvalue weighted by molar-refractivity contribution is -0.202. The number of benzene rings is 2. The summed E-state index contributed by atoms with van der Waals surface area (Å²) in [6.45, 7) is 0. The summed E-state index contributed by atoms with van der Waals surface area (Å²) in [4.78, 5) is 13.1. The average molecular weight is 600 g/mol. The van der Waals surface area contributed by atoms with Gasteiger partial charge in [-0.05, 0) is 73.6 Å². The summed E-state index contributed by atoms with van der Waals surface area (Å²) in [5, 5.41) is 14.3. The van der Waals surface area contributed by atoms with E-state index in [4.69, 9.17) is 4.74 Å². The number of carbonyl (C=O) groups is 1. The quantitative estimate of drug-likeness (QED) is 0.358. The molecule has 0 aromatic heterocycles. The van der Waals surface area contributed by atoms with E-state index in [-0.39, 0.29) is 22.1 Å². The molecule has 2 aromatic rings. The number of nitrogens with zero attached hydrogens (tertiary/aromatic N) is 1. The van der Waals surface area contributed by atoms with Gasteiger partial charge in [-0.3, -0.25) is 10.1 Å². The molecule has 0 unspecified atom stereocenters. The van der Waals surface area contributed by atoms with E-state index in [9.17, 15) is 31.3 Å². The van der Waals surface area contributed by atoms with Gasteiger partial charge in [-0.25, -0.2) is 21.2 Å². The van der Waals surface area contributed by atoms with Gasteiger partial charge in [0.15, 0.2) is 19.7 Å². The third-order valence-electron chi connectivity index (χ3n) is 6.66. The maximum atomic E-state index is 15.8. The SMILES string of the molecule is CS(=O)(=O)c1ccc(OC(F)(F)[C@@H](N[C@@H](CS(=O)(=O)CC2CC2)C(=O)NC2(C#N)CC2)c2ccc(F)cc2)cc1. The van der Waals surface area contributed by atoms with Crippen molar-refractivity contribution in [3.63, 3.8) is 0 Å². The van der Waals surface area contributed by atoms with Crippen molar-refractivity contribution >= 4 is 25.6 Å². The third-order valence-corrected chi connectivity index (χ3v) is 9.61. The molecular weight excluding hydrogens is 571 g/mol. The Bertz CT molecular complexity index is 1500. The van der Waals surface area contributed by atoms with Gasteiger partial charge in [0.25, 0.3) is 0 Å². The Kier molecular flexibility index (Phi) is 8.22. The molecular formula is C26H28F3N3O6S2. The van der Waals surface area contributed by atoms with Crippen molar-refractivity contribution in [3.8, 4) is 11.8 Å². The van der Waals surface area contributed by atoms with Crippen LogP contribution in [-0.4, -0.2) is 58.2 Å². The van der Waals surface area contributed by atoms with Crippen LogP contribution in [0, 0.1) is 23.1 Å². The number of alkyl halides is 2. The molecule has 4 rings (SSSR count). The van der Waals surface area contributed by atoms with E-state index in [1.807, 2.05) is 6.07 Å². The highest BCUT2D eigenvalue weighted by molar-refractivity contribution is 7.91. The number of nitrogens with one attached hydrogen (secondary N) is 2. The number of nitriles is 1. The van der Waals surface area contributed by atoms with Gasteiger partial charge in [0.2, 0.25) is 5.91 Å². The van der Waals surface area contributed by atoms with Crippen LogP contribution in [0.1, 0.15) is 37.3 Å². The molecule has 2 atom stereocenters. The summed E-state index contributed by atoms with van der Waals surface area (Å²) >= 11 is 0. The summed E-state index contributed by atoms with van der Waals surface area (Å²) in [5.41, 5.74) is -1.40. The molecule has 0 bridgehead atoms. The van der Waals surface area contributed by atoms with Crippen molar-refractivity contribution < 1.29 is 39.5 Å². The largest absolute Gasteiger partial charge is 0.431 e. The Morgan fingerprint density at radius 2 is 1.70 bits per heavy atom. The average Bonchev–Trinajstić information content (AvgIpc) is 3.80. The Balaban J connectivity index is 1.65. The minimum atomic E-state index is -4.14. The first-order chi connectivity index (χ1) is 18.6. The van der Waals surface area contributed by atoms with Crippen LogP contribution >= 0.6 is 0 Å². The third kappa shape index (κ3) is 7.74. The fourth-order valence-electron chi connectivity index (χ4n) is 4.09. The summed E-state index contributed by atoms with van der Waals surface area (Å²) in [6.07, 6.45) is -1.10. The van der Waals surface area contributed by atoms with Gasteiger partial charge in [-0.15, -0.1) is 0 Å². The molecule has 2 N–H and O–H groups in total. The molecule has 0 heterocycles. The summed E-state index contributed by atoms with van der Waals surface area (Å²) in [6, 6.07) is 6.26. The Hall–Kier alpha value is -3.15. The first kappa shape index (κ1) is 29.8. The number of ether oxygens (including phenoxy) is 1. The van der Waals surface area contributed by atoms with Crippen molar-refractivity contribution in [2.24, 2.45) is 5.92 Å². The van der Waals surface area contributed by atoms with Crippen LogP contribution in [-0.2, 0) is 24.5 Å². The standard InChI is InChI=1S/C26H28F3N3O6S2/c1-39(34,35)21-10-8-20(9-11-21)38-26(28,29)23(18-4-6-19(27)7-5-18)31-22(15-40(36,37)14-17-2-3-17)24(33)32-25(16-30)12-13-25/h4-11,17,22-23,31H,2-3,12-15H2,1H3,(H,32,33)/t22-,23-/m0/s1. The molecule has 9 nitrogen and oxygen atoms in total. The lowest BCUT2D eigenvalue weighted by Gasteiger charge is -2.31. The van der Waals surface area contributed by atoms with Gasteiger partial charge in [0, 0.05) is 6.26 Å². The number of carbonyl (C=O) groups excluding carboxylic acids is 1. The zero-order chi connectivity index (χ0) is 29.3. The van der Waals surface area contributed by atoms with Crippen LogP contribution in [0.3, 0.4) is 0 Å². The molecule has 0 radical (unpaired) electrons. The fourth-order valence-corrected chi connectivity index (χ4v) is 6.67. The van der Waals surface area contributed by atoms with E-state index in [0.29, 0.717) is 25.7 Å². The first-order valence-corrected chi connectivity index (χ1v) is 16.1. The monoisotopic (exact) mass is 599 g/mol. The Morgan fingerprint density at radius 1 is 1.10 bits per heavy atom. The highest BCUT2D eigenvalue weighted by Crippen LogP contribution is 2.37. The fraction of sp³-hybridized carbons (Fsp3) is 0.462. The van der Waals surface area contributed by atoms with Crippen LogP contribution < -0.4 is 15.4 Å². The summed E-state index contributed by atoms with van der Waals surface area (Å²) in [7, 11) is -7.47. The zero-order valence-electron chi connectivity index (χ0n) is 21.4. The van der Waals surface area contributed by atoms with Crippen LogP contribution in [0.25, 0.3) is 0 Å². The van der Waals surface area contributed by atoms with E-state index in [2.05, 4.69) is 10.6 Å². The van der Waals surface area contributed by atoms with E-state index < -0.39 is 66.6 Å². The van der Waals surface area contributed by atoms with Crippen LogP contribution in [0.2, 0.25) is 0 Å². The number of hydrogen-bond donors (Lipinski definition) is 2. The van der Waals surface area contributed by atoms with Gasteiger partial charge < -0.3 is 10.1 Å². The first-order valence-electron chi connectivity index (χ1n) is 12.4. The predicted molar refractivity (Wildman–Crippen MR) is 138 cm³/mol. The van der Waals surface area contributed by atoms with Crippen molar-refractivity contribution in [1.29, 1.82) is 5.26 Å². The second-order valence-electron chi connectivity index (χ2n) is 10.3. The lowest BCUT2D eigenvalue weighted by atomic mass is 10.0. The van der Waals surface area contributed by atoms with Crippen molar-refractivity contribution in [2.45, 2.75) is 54.3 Å². The van der Waals surface area contributed by atoms with Gasteiger partial charge in [-0.1, -0.05) is 12.1 Å². The van der Waals surface area contributed by atoms with Gasteiger partial charge >= 0.3 is 6.11 Å². The summed E-state index contributed by atoms with van der Waals surface area (Å²) < 4.78 is 99.2. The van der Waals surface area contributed by atoms with Crippen molar-refractivity contribution in [3.05, 3.63) is 59.9 Å². The number of hydrogen-bond acceptors (Lipinski definition) is 8. The molecule has 40 heavy (non-hydrogen) atoms. The number of sulfone groups is 2. The maximum Gasteiger partial charge on any atom is 0.417 e. The van der Waals surface area contributed by atoms with Crippen LogP contribution in [0.15, 0.2) is 53.4 Å². The molecule has 2 saturated carbocycles. The van der Waals surface area contributed by atoms with Crippen molar-refractivity contribution in [2.75, 3.05) is 17.8 Å². The van der Waals surface area contributed by atoms with E-state index in [0.717, 1.165) is 54.8 Å². The van der Waals surface area contributed by atoms with Gasteiger partial charge in [-0.2, -0.15) is 14.0 Å². The number of halogens is 3. The Labute approximate surface area is 230 Å². The zero-order valence-corrected chi connectivity index (χ0v) is 23.1. The highest BCUT2D eigenvalue weighted by Gasteiger charge is 2.49. The lowest BCUT2D eigenvalue weighted by Crippen LogP contribution is -2.56. The predicted octanol–water partition coefficient (Wildman–Crippen LogP) is 2.90. The molecule has 2 fully saturated rings. The van der Waals surface area contributed by atoms with Crippen LogP contribution in [0.5, 0.6) is 5.75 Å². The highest BCUT2D eigenvalue weighted by atomic mass is 32.2. The van der Waals surface area contributed by atoms with E-state index >= 15 is 8.78 Å². The minimum absolute atomic E-state index is 0.0600. The molecule has 14 heteroatoms. The smallest absolute Gasteiger partial charge is 0.417 e. The minimum Gasteiger partial charge on any atom is -0.431 e. The molecule has 2 aliphatic carbocycles. The molecule has 2 aliphatic rings. The Morgan fingerprint density at radius 3 is 2.20 bits per heavy atom. The molecule has 0 aliphatic heterocycles. The van der Waals surface area contributed by atoms with Crippen molar-refractivity contribution in [1.82, 2.24) is 10.6 Å². The summed E-state index contributed by atoms with van der Waals surface area (Å²) in [5.74, 6) is -3.14.